The predicted molar refractivity (Wildman–Crippen MR) is 146 cm³/mol. The number of halogens is 1. The Kier molecular flexibility index (Phi) is 6.21. The van der Waals surface area contributed by atoms with Crippen LogP contribution in [0, 0.1) is 0 Å². The van der Waals surface area contributed by atoms with Gasteiger partial charge in [-0.05, 0) is 67.9 Å². The third-order valence-corrected chi connectivity index (χ3v) is 7.28. The second-order valence-corrected chi connectivity index (χ2v) is 9.83. The summed E-state index contributed by atoms with van der Waals surface area (Å²) in [5.74, 6) is 1.58. The maximum atomic E-state index is 6.47. The number of hydrogen-bond donors (Lipinski definition) is 1. The molecule has 5 aromatic rings. The van der Waals surface area contributed by atoms with Crippen molar-refractivity contribution in [3.05, 3.63) is 89.8 Å². The minimum Gasteiger partial charge on any atom is -0.489 e. The molecule has 0 amide bonds. The molecule has 1 aliphatic heterocycles. The highest BCUT2D eigenvalue weighted by molar-refractivity contribution is 6.31. The van der Waals surface area contributed by atoms with Crippen LogP contribution >= 0.6 is 11.6 Å². The molecule has 1 aliphatic rings. The van der Waals surface area contributed by atoms with Crippen molar-refractivity contribution in [3.8, 4) is 5.75 Å². The number of piperidine rings is 1. The standard InChI is InChI=1S/C29H28ClN5O/c1-34-14-12-23(13-15-34)36-27-8-4-7-25-28(27)29(32-19-31-25)33-22-9-10-26-20(17-22)11-16-35(26)18-21-5-2-3-6-24(21)30/h2-11,16-17,19,23H,12-15,18H2,1H3,(H,31,32,33). The number of fused-ring (bicyclic) bond motifs is 2. The van der Waals surface area contributed by atoms with Crippen molar-refractivity contribution >= 4 is 44.9 Å². The van der Waals surface area contributed by atoms with Crippen LogP contribution in [0.2, 0.25) is 5.02 Å². The van der Waals surface area contributed by atoms with Gasteiger partial charge >= 0.3 is 0 Å². The molecular formula is C29H28ClN5O. The molecule has 0 atom stereocenters. The molecule has 1 fully saturated rings. The van der Waals surface area contributed by atoms with Crippen molar-refractivity contribution in [1.82, 2.24) is 19.4 Å². The zero-order chi connectivity index (χ0) is 24.5. The number of rotatable bonds is 6. The third kappa shape index (κ3) is 4.62. The number of nitrogens with one attached hydrogen (secondary N) is 1. The molecular weight excluding hydrogens is 470 g/mol. The maximum absolute atomic E-state index is 6.47. The van der Waals surface area contributed by atoms with E-state index < -0.39 is 0 Å². The van der Waals surface area contributed by atoms with E-state index in [1.165, 1.54) is 0 Å². The van der Waals surface area contributed by atoms with Gasteiger partial charge in [-0.25, -0.2) is 9.97 Å². The van der Waals surface area contributed by atoms with Crippen LogP contribution in [0.25, 0.3) is 21.8 Å². The minimum atomic E-state index is 0.203. The minimum absolute atomic E-state index is 0.203. The van der Waals surface area contributed by atoms with Gasteiger partial charge in [-0.3, -0.25) is 0 Å². The number of ether oxygens (including phenoxy) is 1. The number of nitrogens with zero attached hydrogens (tertiary/aromatic N) is 4. The highest BCUT2D eigenvalue weighted by Crippen LogP contribution is 2.34. The molecule has 0 bridgehead atoms. The quantitative estimate of drug-likeness (QED) is 0.290. The molecule has 3 aromatic carbocycles. The van der Waals surface area contributed by atoms with E-state index in [9.17, 15) is 0 Å². The van der Waals surface area contributed by atoms with Gasteiger partial charge in [0.05, 0.1) is 10.9 Å². The van der Waals surface area contributed by atoms with Crippen molar-refractivity contribution in [3.63, 3.8) is 0 Å². The summed E-state index contributed by atoms with van der Waals surface area (Å²) in [6.07, 6.45) is 5.94. The molecule has 36 heavy (non-hydrogen) atoms. The first-order valence-corrected chi connectivity index (χ1v) is 12.7. The summed E-state index contributed by atoms with van der Waals surface area (Å²) in [4.78, 5) is 11.4. The maximum Gasteiger partial charge on any atom is 0.145 e. The van der Waals surface area contributed by atoms with Gasteiger partial charge in [0.25, 0.3) is 0 Å². The number of hydrogen-bond acceptors (Lipinski definition) is 5. The van der Waals surface area contributed by atoms with E-state index in [4.69, 9.17) is 16.3 Å². The van der Waals surface area contributed by atoms with Gasteiger partial charge in [0.1, 0.15) is 24.0 Å². The molecule has 6 nitrogen and oxygen atoms in total. The number of anilines is 2. The lowest BCUT2D eigenvalue weighted by atomic mass is 10.1. The fourth-order valence-electron chi connectivity index (χ4n) is 4.92. The Hall–Kier alpha value is -3.61. The van der Waals surface area contributed by atoms with Crippen molar-refractivity contribution in [2.24, 2.45) is 0 Å². The summed E-state index contributed by atoms with van der Waals surface area (Å²) in [5, 5.41) is 6.36. The molecule has 0 radical (unpaired) electrons. The van der Waals surface area contributed by atoms with Crippen LogP contribution in [0.4, 0.5) is 11.5 Å². The zero-order valence-electron chi connectivity index (χ0n) is 20.2. The van der Waals surface area contributed by atoms with Crippen LogP contribution < -0.4 is 10.1 Å². The molecule has 3 heterocycles. The molecule has 6 rings (SSSR count). The van der Waals surface area contributed by atoms with Crippen LogP contribution in [0.1, 0.15) is 18.4 Å². The number of aromatic nitrogens is 3. The normalized spacial score (nSPS) is 14.9. The van der Waals surface area contributed by atoms with E-state index in [1.807, 2.05) is 36.4 Å². The molecule has 2 aromatic heterocycles. The van der Waals surface area contributed by atoms with Crippen LogP contribution in [-0.4, -0.2) is 45.7 Å². The Morgan fingerprint density at radius 3 is 2.72 bits per heavy atom. The van der Waals surface area contributed by atoms with E-state index >= 15 is 0 Å². The van der Waals surface area contributed by atoms with Crippen LogP contribution in [0.5, 0.6) is 5.75 Å². The zero-order valence-corrected chi connectivity index (χ0v) is 20.9. The summed E-state index contributed by atoms with van der Waals surface area (Å²) < 4.78 is 8.69. The summed E-state index contributed by atoms with van der Waals surface area (Å²) in [7, 11) is 2.16. The predicted octanol–water partition coefficient (Wildman–Crippen LogP) is 6.50. The van der Waals surface area contributed by atoms with Gasteiger partial charge in [-0.1, -0.05) is 35.9 Å². The summed E-state index contributed by atoms with van der Waals surface area (Å²) in [6, 6.07) is 22.5. The molecule has 182 valence electrons. The van der Waals surface area contributed by atoms with Crippen LogP contribution in [0.15, 0.2) is 79.3 Å². The molecule has 0 unspecified atom stereocenters. The van der Waals surface area contributed by atoms with E-state index in [0.717, 1.165) is 82.1 Å². The molecule has 0 aliphatic carbocycles. The topological polar surface area (TPSA) is 55.2 Å². The molecule has 7 heteroatoms. The number of benzene rings is 3. The fourth-order valence-corrected chi connectivity index (χ4v) is 5.11. The second kappa shape index (κ2) is 9.80. The Morgan fingerprint density at radius 2 is 1.86 bits per heavy atom. The van der Waals surface area contributed by atoms with E-state index in [2.05, 4.69) is 68.3 Å². The fraction of sp³-hybridized carbons (Fsp3) is 0.241. The molecule has 0 spiro atoms. The third-order valence-electron chi connectivity index (χ3n) is 6.92. The SMILES string of the molecule is CN1CCC(Oc2cccc3ncnc(Nc4ccc5c(ccn5Cc5ccccc5Cl)c4)c23)CC1. The average Bonchev–Trinajstić information content (AvgIpc) is 3.29. The summed E-state index contributed by atoms with van der Waals surface area (Å²) in [6.45, 7) is 2.82. The van der Waals surface area contributed by atoms with Crippen molar-refractivity contribution in [2.45, 2.75) is 25.5 Å². The molecule has 1 N–H and O–H groups in total. The molecule has 0 saturated carbocycles. The first kappa shape index (κ1) is 22.8. The van der Waals surface area contributed by atoms with Gasteiger partial charge in [-0.15, -0.1) is 0 Å². The number of likely N-dealkylation sites (tertiary alicyclic amines) is 1. The lowest BCUT2D eigenvalue weighted by Crippen LogP contribution is -2.35. The van der Waals surface area contributed by atoms with Gasteiger partial charge in [0, 0.05) is 47.4 Å². The monoisotopic (exact) mass is 497 g/mol. The Morgan fingerprint density at radius 1 is 1.00 bits per heavy atom. The molecule has 1 saturated heterocycles. The smallest absolute Gasteiger partial charge is 0.145 e. The Bertz CT molecular complexity index is 1520. The first-order chi connectivity index (χ1) is 17.6. The van der Waals surface area contributed by atoms with Crippen molar-refractivity contribution < 1.29 is 4.74 Å². The van der Waals surface area contributed by atoms with Crippen molar-refractivity contribution in [1.29, 1.82) is 0 Å². The lowest BCUT2D eigenvalue weighted by Gasteiger charge is -2.29. The summed E-state index contributed by atoms with van der Waals surface area (Å²) >= 11 is 6.39. The van der Waals surface area contributed by atoms with Gasteiger partial charge in [-0.2, -0.15) is 0 Å². The van der Waals surface area contributed by atoms with E-state index in [1.54, 1.807) is 6.33 Å². The lowest BCUT2D eigenvalue weighted by molar-refractivity contribution is 0.116. The van der Waals surface area contributed by atoms with Gasteiger partial charge in [0.15, 0.2) is 0 Å². The van der Waals surface area contributed by atoms with E-state index in [0.29, 0.717) is 0 Å². The highest BCUT2D eigenvalue weighted by atomic mass is 35.5. The van der Waals surface area contributed by atoms with Crippen LogP contribution in [0.3, 0.4) is 0 Å². The first-order valence-electron chi connectivity index (χ1n) is 12.3. The largest absolute Gasteiger partial charge is 0.489 e. The van der Waals surface area contributed by atoms with E-state index in [-0.39, 0.29) is 6.10 Å². The van der Waals surface area contributed by atoms with Gasteiger partial charge < -0.3 is 19.5 Å². The summed E-state index contributed by atoms with van der Waals surface area (Å²) in [5.41, 5.74) is 4.08. The Balaban J connectivity index is 1.28. The van der Waals surface area contributed by atoms with Gasteiger partial charge in [0.2, 0.25) is 0 Å². The highest BCUT2D eigenvalue weighted by Gasteiger charge is 2.20. The second-order valence-electron chi connectivity index (χ2n) is 9.43. The average molecular weight is 498 g/mol. The van der Waals surface area contributed by atoms with Crippen LogP contribution in [-0.2, 0) is 6.54 Å². The van der Waals surface area contributed by atoms with Crippen molar-refractivity contribution in [2.75, 3.05) is 25.5 Å². The Labute approximate surface area is 215 Å².